The Labute approximate surface area is 120 Å². The lowest BCUT2D eigenvalue weighted by Gasteiger charge is -2.12. The molecule has 0 spiro atoms. The van der Waals surface area contributed by atoms with E-state index in [-0.39, 0.29) is 0 Å². The lowest BCUT2D eigenvalue weighted by molar-refractivity contribution is 0.206. The lowest BCUT2D eigenvalue weighted by Crippen LogP contribution is -2.10. The molecule has 0 saturated carbocycles. The van der Waals surface area contributed by atoms with Gasteiger partial charge >= 0.3 is 0 Å². The van der Waals surface area contributed by atoms with Crippen LogP contribution in [-0.4, -0.2) is 37.2 Å². The van der Waals surface area contributed by atoms with Gasteiger partial charge in [-0.2, -0.15) is 0 Å². The van der Waals surface area contributed by atoms with Crippen LogP contribution in [-0.2, 0) is 0 Å². The predicted molar refractivity (Wildman–Crippen MR) is 74.0 cm³/mol. The zero-order valence-corrected chi connectivity index (χ0v) is 11.3. The van der Waals surface area contributed by atoms with E-state index in [2.05, 4.69) is 20.3 Å². The number of aliphatic hydroxyl groups excluding tert-OH is 1. The molecule has 106 valence electrons. The molecule has 1 atom stereocenters. The van der Waals surface area contributed by atoms with E-state index in [1.807, 2.05) is 30.3 Å². The van der Waals surface area contributed by atoms with E-state index < -0.39 is 6.10 Å². The Balaban J connectivity index is 1.99. The molecule has 2 heterocycles. The van der Waals surface area contributed by atoms with Crippen molar-refractivity contribution in [2.24, 2.45) is 0 Å². The van der Waals surface area contributed by atoms with Crippen molar-refractivity contribution >= 4 is 0 Å². The first-order valence-corrected chi connectivity index (χ1v) is 6.29. The van der Waals surface area contributed by atoms with E-state index >= 15 is 0 Å². The molecule has 0 amide bonds. The van der Waals surface area contributed by atoms with Crippen molar-refractivity contribution in [1.29, 1.82) is 0 Å². The van der Waals surface area contributed by atoms with Crippen LogP contribution in [0.15, 0.2) is 48.9 Å². The van der Waals surface area contributed by atoms with Crippen molar-refractivity contribution in [3.05, 3.63) is 60.3 Å². The molecule has 1 aromatic carbocycles. The van der Waals surface area contributed by atoms with Crippen LogP contribution in [0, 0.1) is 0 Å². The zero-order chi connectivity index (χ0) is 14.7. The molecule has 2 aromatic heterocycles. The van der Waals surface area contributed by atoms with Crippen molar-refractivity contribution < 1.29 is 9.84 Å². The van der Waals surface area contributed by atoms with Crippen LogP contribution in [0.4, 0.5) is 0 Å². The highest BCUT2D eigenvalue weighted by molar-refractivity contribution is 5.33. The second-order valence-corrected chi connectivity index (χ2v) is 4.29. The third-order valence-electron chi connectivity index (χ3n) is 3.01. The van der Waals surface area contributed by atoms with Gasteiger partial charge in [0.05, 0.1) is 30.4 Å². The molecule has 7 nitrogen and oxygen atoms in total. The number of hydrogen-bond donors (Lipinski definition) is 1. The number of benzene rings is 1. The number of ether oxygens (including phenoxy) is 1. The lowest BCUT2D eigenvalue weighted by atomic mass is 10.2. The van der Waals surface area contributed by atoms with Crippen LogP contribution in [0.1, 0.15) is 17.5 Å². The summed E-state index contributed by atoms with van der Waals surface area (Å²) in [6, 6.07) is 11.0. The van der Waals surface area contributed by atoms with Crippen LogP contribution in [0.3, 0.4) is 0 Å². The minimum absolute atomic E-state index is 0.387. The summed E-state index contributed by atoms with van der Waals surface area (Å²) in [5.41, 5.74) is 1.74. The van der Waals surface area contributed by atoms with E-state index in [9.17, 15) is 5.11 Å². The molecule has 0 aliphatic carbocycles. The first kappa shape index (κ1) is 13.2. The second kappa shape index (κ2) is 5.68. The molecule has 0 aliphatic heterocycles. The monoisotopic (exact) mass is 283 g/mol. The first-order chi connectivity index (χ1) is 10.3. The summed E-state index contributed by atoms with van der Waals surface area (Å²) in [6.45, 7) is 0. The molecule has 3 rings (SSSR count). The van der Waals surface area contributed by atoms with Crippen molar-refractivity contribution in [3.8, 4) is 11.6 Å². The molecule has 0 fully saturated rings. The van der Waals surface area contributed by atoms with Gasteiger partial charge in [-0.05, 0) is 12.1 Å². The normalized spacial score (nSPS) is 12.1. The SMILES string of the molecule is COc1cc(C(O)c2cnnn2-c2ccccc2)ncn1. The van der Waals surface area contributed by atoms with E-state index in [0.717, 1.165) is 5.69 Å². The fraction of sp³-hybridized carbons (Fsp3) is 0.143. The zero-order valence-electron chi connectivity index (χ0n) is 11.3. The van der Waals surface area contributed by atoms with Gasteiger partial charge < -0.3 is 9.84 Å². The minimum Gasteiger partial charge on any atom is -0.481 e. The van der Waals surface area contributed by atoms with Gasteiger partial charge in [-0.25, -0.2) is 14.6 Å². The molecule has 7 heteroatoms. The Morgan fingerprint density at radius 1 is 1.19 bits per heavy atom. The smallest absolute Gasteiger partial charge is 0.216 e. The number of aliphatic hydroxyl groups is 1. The Bertz CT molecular complexity index is 729. The summed E-state index contributed by atoms with van der Waals surface area (Å²) in [4.78, 5) is 7.99. The summed E-state index contributed by atoms with van der Waals surface area (Å²) in [7, 11) is 1.51. The fourth-order valence-electron chi connectivity index (χ4n) is 1.97. The van der Waals surface area contributed by atoms with Gasteiger partial charge in [0, 0.05) is 6.07 Å². The molecule has 1 N–H and O–H groups in total. The molecule has 0 aliphatic rings. The standard InChI is InChI=1S/C14H13N5O2/c1-21-13-7-11(15-9-16-13)14(20)12-8-17-18-19(12)10-5-3-2-4-6-10/h2-9,14,20H,1H3. The molecule has 21 heavy (non-hydrogen) atoms. The minimum atomic E-state index is -0.975. The summed E-state index contributed by atoms with van der Waals surface area (Å²) in [5, 5.41) is 18.4. The number of para-hydroxylation sites is 1. The van der Waals surface area contributed by atoms with Crippen LogP contribution in [0.5, 0.6) is 5.88 Å². The third-order valence-corrected chi connectivity index (χ3v) is 3.01. The van der Waals surface area contributed by atoms with Crippen molar-refractivity contribution in [3.63, 3.8) is 0 Å². The topological polar surface area (TPSA) is 86.0 Å². The van der Waals surface area contributed by atoms with Gasteiger partial charge in [0.25, 0.3) is 0 Å². The second-order valence-electron chi connectivity index (χ2n) is 4.29. The number of nitrogens with zero attached hydrogens (tertiary/aromatic N) is 5. The quantitative estimate of drug-likeness (QED) is 0.773. The summed E-state index contributed by atoms with van der Waals surface area (Å²) >= 11 is 0. The average Bonchev–Trinajstić information content (AvgIpc) is 3.04. The average molecular weight is 283 g/mol. The highest BCUT2D eigenvalue weighted by Gasteiger charge is 2.19. The molecule has 0 bridgehead atoms. The van der Waals surface area contributed by atoms with Crippen molar-refractivity contribution in [2.45, 2.75) is 6.10 Å². The number of rotatable bonds is 4. The number of aromatic nitrogens is 5. The van der Waals surface area contributed by atoms with Gasteiger partial charge in [0.2, 0.25) is 5.88 Å². The van der Waals surface area contributed by atoms with E-state index in [1.165, 1.54) is 19.6 Å². The molecule has 1 unspecified atom stereocenters. The highest BCUT2D eigenvalue weighted by Crippen LogP contribution is 2.23. The van der Waals surface area contributed by atoms with E-state index in [4.69, 9.17) is 4.74 Å². The summed E-state index contributed by atoms with van der Waals surface area (Å²) < 4.78 is 6.61. The molecule has 3 aromatic rings. The Kier molecular flexibility index (Phi) is 3.57. The van der Waals surface area contributed by atoms with Gasteiger partial charge in [-0.1, -0.05) is 23.4 Å². The summed E-state index contributed by atoms with van der Waals surface area (Å²) in [5.74, 6) is 0.387. The van der Waals surface area contributed by atoms with Crippen LogP contribution < -0.4 is 4.74 Å². The van der Waals surface area contributed by atoms with Gasteiger partial charge in [-0.15, -0.1) is 5.10 Å². The van der Waals surface area contributed by atoms with E-state index in [1.54, 1.807) is 10.7 Å². The van der Waals surface area contributed by atoms with Gasteiger partial charge in [-0.3, -0.25) is 0 Å². The van der Waals surface area contributed by atoms with Gasteiger partial charge in [0.15, 0.2) is 0 Å². The molecule has 0 saturated heterocycles. The molecular formula is C14H13N5O2. The van der Waals surface area contributed by atoms with Crippen LogP contribution in [0.25, 0.3) is 5.69 Å². The first-order valence-electron chi connectivity index (χ1n) is 6.29. The highest BCUT2D eigenvalue weighted by atomic mass is 16.5. The number of hydrogen-bond acceptors (Lipinski definition) is 6. The Hall–Kier alpha value is -2.80. The van der Waals surface area contributed by atoms with E-state index in [0.29, 0.717) is 17.3 Å². The maximum Gasteiger partial charge on any atom is 0.216 e. The molecular weight excluding hydrogens is 270 g/mol. The van der Waals surface area contributed by atoms with Crippen molar-refractivity contribution in [2.75, 3.05) is 7.11 Å². The summed E-state index contributed by atoms with van der Waals surface area (Å²) in [6.07, 6.45) is 1.87. The largest absolute Gasteiger partial charge is 0.481 e. The maximum atomic E-state index is 10.5. The predicted octanol–water partition coefficient (Wildman–Crippen LogP) is 1.15. The fourth-order valence-corrected chi connectivity index (χ4v) is 1.97. The Morgan fingerprint density at radius 3 is 2.76 bits per heavy atom. The third kappa shape index (κ3) is 2.59. The maximum absolute atomic E-state index is 10.5. The van der Waals surface area contributed by atoms with Gasteiger partial charge in [0.1, 0.15) is 12.4 Å². The Morgan fingerprint density at radius 2 is 2.00 bits per heavy atom. The van der Waals surface area contributed by atoms with Crippen LogP contribution in [0.2, 0.25) is 0 Å². The van der Waals surface area contributed by atoms with Crippen LogP contribution >= 0.6 is 0 Å². The van der Waals surface area contributed by atoms with Crippen molar-refractivity contribution in [1.82, 2.24) is 25.0 Å². The molecule has 0 radical (unpaired) electrons. The number of methoxy groups -OCH3 is 1.